The van der Waals surface area contributed by atoms with Crippen molar-refractivity contribution in [1.29, 1.82) is 0 Å². The molecule has 108 valence electrons. The zero-order chi connectivity index (χ0) is 14.8. The van der Waals surface area contributed by atoms with Crippen LogP contribution in [0, 0.1) is 0 Å². The van der Waals surface area contributed by atoms with Gasteiger partial charge in [0.1, 0.15) is 0 Å². The van der Waals surface area contributed by atoms with E-state index in [1.807, 2.05) is 23.6 Å². The Kier molecular flexibility index (Phi) is 4.42. The summed E-state index contributed by atoms with van der Waals surface area (Å²) >= 11 is 1.60. The van der Waals surface area contributed by atoms with Crippen LogP contribution < -0.4 is 0 Å². The second-order valence-corrected chi connectivity index (χ2v) is 7.74. The molecule has 0 spiro atoms. The van der Waals surface area contributed by atoms with E-state index >= 15 is 0 Å². The van der Waals surface area contributed by atoms with Gasteiger partial charge in [0.15, 0.2) is 9.84 Å². The monoisotopic (exact) mass is 313 g/mol. The maximum absolute atomic E-state index is 12.1. The molecule has 1 amide bonds. The van der Waals surface area contributed by atoms with Crippen LogP contribution in [0.25, 0.3) is 10.1 Å². The van der Waals surface area contributed by atoms with Crippen molar-refractivity contribution < 1.29 is 18.4 Å². The Labute approximate surface area is 121 Å². The van der Waals surface area contributed by atoms with Gasteiger partial charge in [-0.3, -0.25) is 10.0 Å². The van der Waals surface area contributed by atoms with Crippen molar-refractivity contribution in [2.75, 3.05) is 5.75 Å². The van der Waals surface area contributed by atoms with Gasteiger partial charge in [-0.1, -0.05) is 6.07 Å². The van der Waals surface area contributed by atoms with Gasteiger partial charge < -0.3 is 0 Å². The zero-order valence-electron chi connectivity index (χ0n) is 10.9. The summed E-state index contributed by atoms with van der Waals surface area (Å²) in [5.74, 6) is -0.375. The van der Waals surface area contributed by atoms with Crippen molar-refractivity contribution in [2.24, 2.45) is 0 Å². The van der Waals surface area contributed by atoms with Crippen LogP contribution in [0.2, 0.25) is 0 Å². The number of hydrogen-bond donors (Lipinski definition) is 1. The fourth-order valence-corrected chi connectivity index (χ4v) is 4.43. The third-order valence-corrected chi connectivity index (χ3v) is 5.62. The molecule has 0 saturated carbocycles. The third-order valence-electron chi connectivity index (χ3n) is 2.96. The van der Waals surface area contributed by atoms with Crippen molar-refractivity contribution in [2.45, 2.75) is 18.7 Å². The Morgan fingerprint density at radius 2 is 2.15 bits per heavy atom. The molecule has 1 N–H and O–H groups in total. The number of sulfone groups is 1. The van der Waals surface area contributed by atoms with Crippen molar-refractivity contribution in [3.8, 4) is 0 Å². The lowest BCUT2D eigenvalue weighted by Crippen LogP contribution is -2.34. The van der Waals surface area contributed by atoms with Crippen LogP contribution in [-0.4, -0.2) is 36.9 Å². The van der Waals surface area contributed by atoms with E-state index in [0.717, 1.165) is 10.1 Å². The second-order valence-electron chi connectivity index (χ2n) is 4.68. The first-order valence-electron chi connectivity index (χ1n) is 6.00. The highest BCUT2D eigenvalue weighted by atomic mass is 32.2. The molecule has 0 aliphatic rings. The van der Waals surface area contributed by atoms with E-state index in [1.54, 1.807) is 17.4 Å². The minimum Gasteiger partial charge on any atom is -0.286 e. The Morgan fingerprint density at radius 1 is 1.40 bits per heavy atom. The molecule has 0 saturated heterocycles. The summed E-state index contributed by atoms with van der Waals surface area (Å²) < 4.78 is 25.2. The van der Waals surface area contributed by atoms with Crippen molar-refractivity contribution >= 4 is 37.7 Å². The number of amides is 1. The Morgan fingerprint density at radius 3 is 2.85 bits per heavy atom. The molecular formula is C13H15NO4S2. The van der Waals surface area contributed by atoms with E-state index in [9.17, 15) is 18.4 Å². The summed E-state index contributed by atoms with van der Waals surface area (Å²) in [5, 5.41) is 12.5. The predicted molar refractivity (Wildman–Crippen MR) is 78.5 cm³/mol. The molecule has 0 aliphatic carbocycles. The van der Waals surface area contributed by atoms with Crippen LogP contribution in [0.1, 0.15) is 12.5 Å². The van der Waals surface area contributed by atoms with Gasteiger partial charge in [-0.15, -0.1) is 11.3 Å². The summed E-state index contributed by atoms with van der Waals surface area (Å²) in [7, 11) is -3.40. The molecule has 2 aromatic rings. The lowest BCUT2D eigenvalue weighted by atomic mass is 10.2. The van der Waals surface area contributed by atoms with Gasteiger partial charge in [-0.25, -0.2) is 13.5 Å². The van der Waals surface area contributed by atoms with E-state index in [-0.39, 0.29) is 17.9 Å². The molecule has 0 aliphatic heterocycles. The molecule has 0 unspecified atom stereocenters. The van der Waals surface area contributed by atoms with E-state index in [1.165, 1.54) is 6.92 Å². The first-order chi connectivity index (χ1) is 9.41. The average Bonchev–Trinajstić information content (AvgIpc) is 2.83. The molecule has 1 aromatic heterocycles. The minimum absolute atomic E-state index is 0.101. The average molecular weight is 313 g/mol. The van der Waals surface area contributed by atoms with Crippen LogP contribution in [0.4, 0.5) is 0 Å². The van der Waals surface area contributed by atoms with Gasteiger partial charge in [0.2, 0.25) is 6.41 Å². The standard InChI is InChI=1S/C13H15NO4S2/c1-10(14(16)9-15)7-20(17,18)8-11-2-3-13-12(6-11)4-5-19-13/h2-6,9-10,16H,7-8H2,1H3/t10-/m0/s1. The number of hydrogen-bond acceptors (Lipinski definition) is 5. The van der Waals surface area contributed by atoms with Crippen molar-refractivity contribution in [3.05, 3.63) is 35.2 Å². The van der Waals surface area contributed by atoms with Crippen LogP contribution in [0.3, 0.4) is 0 Å². The Bertz CT molecular complexity index is 708. The zero-order valence-corrected chi connectivity index (χ0v) is 12.5. The molecule has 1 heterocycles. The number of thiophene rings is 1. The molecule has 2 rings (SSSR count). The highest BCUT2D eigenvalue weighted by Gasteiger charge is 2.20. The highest BCUT2D eigenvalue weighted by Crippen LogP contribution is 2.22. The van der Waals surface area contributed by atoms with Gasteiger partial charge >= 0.3 is 0 Å². The van der Waals surface area contributed by atoms with Gasteiger partial charge in [-0.2, -0.15) is 0 Å². The Hall–Kier alpha value is -1.44. The Balaban J connectivity index is 2.12. The summed E-state index contributed by atoms with van der Waals surface area (Å²) in [6.45, 7) is 1.48. The van der Waals surface area contributed by atoms with Crippen LogP contribution in [-0.2, 0) is 20.4 Å². The normalized spacial score (nSPS) is 13.3. The van der Waals surface area contributed by atoms with Crippen LogP contribution in [0.15, 0.2) is 29.6 Å². The maximum Gasteiger partial charge on any atom is 0.233 e. The molecule has 0 radical (unpaired) electrons. The quantitative estimate of drug-likeness (QED) is 0.503. The largest absolute Gasteiger partial charge is 0.286 e. The summed E-state index contributed by atoms with van der Waals surface area (Å²) in [4.78, 5) is 10.4. The molecule has 1 aromatic carbocycles. The van der Waals surface area contributed by atoms with Gasteiger partial charge in [0, 0.05) is 4.70 Å². The van der Waals surface area contributed by atoms with E-state index in [4.69, 9.17) is 0 Å². The topological polar surface area (TPSA) is 74.7 Å². The van der Waals surface area contributed by atoms with Crippen LogP contribution >= 0.6 is 11.3 Å². The number of carbonyl (C=O) groups excluding carboxylic acids is 1. The second kappa shape index (κ2) is 5.90. The van der Waals surface area contributed by atoms with Crippen molar-refractivity contribution in [3.63, 3.8) is 0 Å². The summed E-state index contributed by atoms with van der Waals surface area (Å²) in [6.07, 6.45) is 0.206. The molecule has 0 bridgehead atoms. The molecule has 0 fully saturated rings. The smallest absolute Gasteiger partial charge is 0.233 e. The lowest BCUT2D eigenvalue weighted by molar-refractivity contribution is -0.156. The first-order valence-corrected chi connectivity index (χ1v) is 8.70. The van der Waals surface area contributed by atoms with E-state index in [2.05, 4.69) is 0 Å². The number of carbonyl (C=O) groups is 1. The SMILES string of the molecule is C[C@@H](CS(=O)(=O)Cc1ccc2sccc2c1)N(O)C=O. The van der Waals surface area contributed by atoms with Gasteiger partial charge in [0.25, 0.3) is 0 Å². The van der Waals surface area contributed by atoms with E-state index in [0.29, 0.717) is 10.6 Å². The van der Waals surface area contributed by atoms with E-state index < -0.39 is 15.9 Å². The summed E-state index contributed by atoms with van der Waals surface area (Å²) in [5.41, 5.74) is 0.707. The van der Waals surface area contributed by atoms with Crippen molar-refractivity contribution in [1.82, 2.24) is 5.06 Å². The molecule has 20 heavy (non-hydrogen) atoms. The highest BCUT2D eigenvalue weighted by molar-refractivity contribution is 7.90. The summed E-state index contributed by atoms with van der Waals surface area (Å²) in [6, 6.07) is 6.73. The molecular weight excluding hydrogens is 298 g/mol. The van der Waals surface area contributed by atoms with Gasteiger partial charge in [0.05, 0.1) is 17.5 Å². The number of rotatable bonds is 6. The lowest BCUT2D eigenvalue weighted by Gasteiger charge is -2.17. The fourth-order valence-electron chi connectivity index (χ4n) is 1.97. The number of nitrogens with zero attached hydrogens (tertiary/aromatic N) is 1. The molecule has 7 heteroatoms. The third kappa shape index (κ3) is 3.56. The first kappa shape index (κ1) is 15.0. The number of hydroxylamine groups is 2. The fraction of sp³-hybridized carbons (Fsp3) is 0.308. The van der Waals surface area contributed by atoms with Gasteiger partial charge in [-0.05, 0) is 41.5 Å². The minimum atomic E-state index is -3.40. The predicted octanol–water partition coefficient (Wildman–Crippen LogP) is 2.05. The molecule has 1 atom stereocenters. The number of benzene rings is 1. The maximum atomic E-state index is 12.1. The van der Waals surface area contributed by atoms with Crippen LogP contribution in [0.5, 0.6) is 0 Å². The molecule has 5 nitrogen and oxygen atoms in total. The number of fused-ring (bicyclic) bond motifs is 1.